The van der Waals surface area contributed by atoms with E-state index in [9.17, 15) is 18.0 Å². The molecule has 0 saturated carbocycles. The van der Waals surface area contributed by atoms with Crippen molar-refractivity contribution < 1.29 is 18.0 Å². The van der Waals surface area contributed by atoms with Gasteiger partial charge in [0.05, 0.1) is 4.90 Å². The smallest absolute Gasteiger partial charge is 0.267 e. The van der Waals surface area contributed by atoms with Crippen molar-refractivity contribution in [1.29, 1.82) is 0 Å². The van der Waals surface area contributed by atoms with Crippen LogP contribution in [0, 0.1) is 6.92 Å². The Morgan fingerprint density at radius 3 is 2.20 bits per heavy atom. The molecule has 0 radical (unpaired) electrons. The van der Waals surface area contributed by atoms with E-state index in [1.54, 1.807) is 17.0 Å². The second kappa shape index (κ2) is 8.67. The topological polar surface area (TPSA) is 78.0 Å². The molecule has 0 bridgehead atoms. The lowest BCUT2D eigenvalue weighted by Crippen LogP contribution is -2.53. The summed E-state index contributed by atoms with van der Waals surface area (Å²) in [4.78, 5) is 30.1. The molecule has 7 nitrogen and oxygen atoms in total. The van der Waals surface area contributed by atoms with Crippen LogP contribution in [0.3, 0.4) is 0 Å². The van der Waals surface area contributed by atoms with E-state index >= 15 is 0 Å². The molecule has 0 N–H and O–H groups in total. The van der Waals surface area contributed by atoms with Gasteiger partial charge in [-0.1, -0.05) is 24.1 Å². The van der Waals surface area contributed by atoms with Crippen molar-refractivity contribution in [2.45, 2.75) is 68.8 Å². The maximum Gasteiger partial charge on any atom is 0.267 e. The van der Waals surface area contributed by atoms with Crippen LogP contribution < -0.4 is 0 Å². The molecular formula is C22H31N3O4S. The van der Waals surface area contributed by atoms with Crippen LogP contribution in [-0.4, -0.2) is 72.6 Å². The van der Waals surface area contributed by atoms with Crippen LogP contribution in [0.15, 0.2) is 29.2 Å². The molecule has 2 amide bonds. The van der Waals surface area contributed by atoms with Gasteiger partial charge in [-0.15, -0.1) is 0 Å². The number of sulfonamides is 1. The average Bonchev–Trinajstić information content (AvgIpc) is 3.16. The Labute approximate surface area is 179 Å². The minimum Gasteiger partial charge on any atom is -0.341 e. The summed E-state index contributed by atoms with van der Waals surface area (Å²) < 4.78 is 27.1. The van der Waals surface area contributed by atoms with E-state index in [1.165, 1.54) is 31.4 Å². The highest BCUT2D eigenvalue weighted by Gasteiger charge is 2.46. The first kappa shape index (κ1) is 21.3. The molecule has 30 heavy (non-hydrogen) atoms. The number of nitrogens with zero attached hydrogens (tertiary/aromatic N) is 3. The molecule has 3 aliphatic rings. The van der Waals surface area contributed by atoms with E-state index in [-0.39, 0.29) is 23.6 Å². The van der Waals surface area contributed by atoms with Gasteiger partial charge in [0.1, 0.15) is 6.04 Å². The van der Waals surface area contributed by atoms with Gasteiger partial charge < -0.3 is 9.80 Å². The fourth-order valence-electron chi connectivity index (χ4n) is 4.96. The van der Waals surface area contributed by atoms with E-state index < -0.39 is 22.0 Å². The Morgan fingerprint density at radius 1 is 0.933 bits per heavy atom. The zero-order valence-electron chi connectivity index (χ0n) is 17.6. The maximum absolute atomic E-state index is 13.2. The summed E-state index contributed by atoms with van der Waals surface area (Å²) in [6.07, 6.45) is 5.97. The van der Waals surface area contributed by atoms with Gasteiger partial charge >= 0.3 is 0 Å². The summed E-state index contributed by atoms with van der Waals surface area (Å²) in [5.41, 5.74) is 0.936. The molecule has 0 spiro atoms. The standard InChI is InChI=1S/C22H31N3O4S/c1-17-5-7-19(8-6-17)30(28,29)25-20(9-10-21(25)26)22(27)24-15-11-18(12-16-24)23-13-3-2-4-14-23/h5-8,18,20H,2-4,9-16H2,1H3. The van der Waals surface area contributed by atoms with E-state index in [0.29, 0.717) is 19.1 Å². The van der Waals surface area contributed by atoms with Crippen LogP contribution in [0.25, 0.3) is 0 Å². The lowest BCUT2D eigenvalue weighted by atomic mass is 9.99. The molecule has 0 aromatic heterocycles. The average molecular weight is 434 g/mol. The lowest BCUT2D eigenvalue weighted by molar-refractivity contribution is -0.139. The summed E-state index contributed by atoms with van der Waals surface area (Å²) in [6.45, 7) is 5.40. The van der Waals surface area contributed by atoms with E-state index in [2.05, 4.69) is 4.90 Å². The number of carbonyl (C=O) groups is 2. The molecule has 3 fully saturated rings. The van der Waals surface area contributed by atoms with Gasteiger partial charge in [0.15, 0.2) is 0 Å². The first-order chi connectivity index (χ1) is 14.4. The third-order valence-electron chi connectivity index (χ3n) is 6.71. The van der Waals surface area contributed by atoms with Crippen molar-refractivity contribution in [3.63, 3.8) is 0 Å². The summed E-state index contributed by atoms with van der Waals surface area (Å²) >= 11 is 0. The van der Waals surface area contributed by atoms with Gasteiger partial charge in [-0.3, -0.25) is 9.59 Å². The fraction of sp³-hybridized carbons (Fsp3) is 0.636. The zero-order valence-corrected chi connectivity index (χ0v) is 18.4. The molecule has 4 rings (SSSR count). The number of rotatable bonds is 4. The maximum atomic E-state index is 13.2. The number of hydrogen-bond donors (Lipinski definition) is 0. The minimum absolute atomic E-state index is 0.0601. The van der Waals surface area contributed by atoms with E-state index in [0.717, 1.165) is 35.8 Å². The van der Waals surface area contributed by atoms with Gasteiger partial charge in [0, 0.05) is 25.6 Å². The number of piperidine rings is 2. The fourth-order valence-corrected chi connectivity index (χ4v) is 6.55. The lowest BCUT2D eigenvalue weighted by Gasteiger charge is -2.41. The second-order valence-corrected chi connectivity index (χ2v) is 10.5. The Morgan fingerprint density at radius 2 is 1.57 bits per heavy atom. The number of benzene rings is 1. The quantitative estimate of drug-likeness (QED) is 0.727. The SMILES string of the molecule is Cc1ccc(S(=O)(=O)N2C(=O)CCC2C(=O)N2CCC(N3CCCCC3)CC2)cc1. The van der Waals surface area contributed by atoms with Gasteiger partial charge in [-0.05, 0) is 64.3 Å². The molecule has 8 heteroatoms. The van der Waals surface area contributed by atoms with Crippen LogP contribution in [0.5, 0.6) is 0 Å². The molecule has 1 aromatic carbocycles. The Hall–Kier alpha value is -1.93. The second-order valence-electron chi connectivity index (χ2n) is 8.72. The van der Waals surface area contributed by atoms with Gasteiger partial charge in [0.25, 0.3) is 10.0 Å². The highest BCUT2D eigenvalue weighted by Crippen LogP contribution is 2.30. The minimum atomic E-state index is -4.04. The van der Waals surface area contributed by atoms with Crippen molar-refractivity contribution in [1.82, 2.24) is 14.1 Å². The number of amides is 2. The van der Waals surface area contributed by atoms with E-state index in [1.807, 2.05) is 6.92 Å². The van der Waals surface area contributed by atoms with Crippen LogP contribution in [0.2, 0.25) is 0 Å². The first-order valence-electron chi connectivity index (χ1n) is 11.0. The van der Waals surface area contributed by atoms with Crippen molar-refractivity contribution in [2.75, 3.05) is 26.2 Å². The third kappa shape index (κ3) is 4.12. The van der Waals surface area contributed by atoms with Gasteiger partial charge in [0.2, 0.25) is 11.8 Å². The van der Waals surface area contributed by atoms with Crippen molar-refractivity contribution >= 4 is 21.8 Å². The highest BCUT2D eigenvalue weighted by molar-refractivity contribution is 7.89. The predicted octanol–water partition coefficient (Wildman–Crippen LogP) is 2.15. The molecule has 164 valence electrons. The summed E-state index contributed by atoms with van der Waals surface area (Å²) in [5.74, 6) is -0.717. The Kier molecular flexibility index (Phi) is 6.16. The molecule has 3 saturated heterocycles. The van der Waals surface area contributed by atoms with Crippen molar-refractivity contribution in [3.8, 4) is 0 Å². The normalized spacial score (nSPS) is 24.4. The van der Waals surface area contributed by atoms with Gasteiger partial charge in [-0.25, -0.2) is 12.7 Å². The number of hydrogen-bond acceptors (Lipinski definition) is 5. The van der Waals surface area contributed by atoms with E-state index in [4.69, 9.17) is 0 Å². The molecule has 3 heterocycles. The van der Waals surface area contributed by atoms with Gasteiger partial charge in [-0.2, -0.15) is 0 Å². The van der Waals surface area contributed by atoms with Crippen LogP contribution >= 0.6 is 0 Å². The number of aryl methyl sites for hydroxylation is 1. The molecule has 1 aromatic rings. The predicted molar refractivity (Wildman–Crippen MR) is 113 cm³/mol. The van der Waals surface area contributed by atoms with Crippen LogP contribution in [0.1, 0.15) is 50.5 Å². The monoisotopic (exact) mass is 433 g/mol. The number of likely N-dealkylation sites (tertiary alicyclic amines) is 2. The molecular weight excluding hydrogens is 402 g/mol. The molecule has 1 atom stereocenters. The number of carbonyl (C=O) groups excluding carboxylic acids is 2. The largest absolute Gasteiger partial charge is 0.341 e. The third-order valence-corrected chi connectivity index (χ3v) is 8.55. The zero-order chi connectivity index (χ0) is 21.3. The Bertz CT molecular complexity index is 885. The molecule has 0 aliphatic carbocycles. The van der Waals surface area contributed by atoms with Crippen molar-refractivity contribution in [2.24, 2.45) is 0 Å². The molecule has 3 aliphatic heterocycles. The first-order valence-corrected chi connectivity index (χ1v) is 12.5. The summed E-state index contributed by atoms with van der Waals surface area (Å²) in [6, 6.07) is 6.00. The van der Waals surface area contributed by atoms with Crippen LogP contribution in [0.4, 0.5) is 0 Å². The van der Waals surface area contributed by atoms with Crippen molar-refractivity contribution in [3.05, 3.63) is 29.8 Å². The summed E-state index contributed by atoms with van der Waals surface area (Å²) in [5, 5.41) is 0. The molecule has 1 unspecified atom stereocenters. The Balaban J connectivity index is 1.45. The highest BCUT2D eigenvalue weighted by atomic mass is 32.2. The van der Waals surface area contributed by atoms with Crippen LogP contribution in [-0.2, 0) is 19.6 Å². The summed E-state index contributed by atoms with van der Waals surface area (Å²) in [7, 11) is -4.04.